The molecule has 0 spiro atoms. The van der Waals surface area contributed by atoms with Crippen molar-refractivity contribution in [1.82, 2.24) is 4.90 Å². The van der Waals surface area contributed by atoms with E-state index in [1.54, 1.807) is 7.11 Å². The zero-order chi connectivity index (χ0) is 16.7. The van der Waals surface area contributed by atoms with Crippen molar-refractivity contribution < 1.29 is 14.6 Å². The molecule has 3 N–H and O–H groups in total. The van der Waals surface area contributed by atoms with Crippen LogP contribution >= 0.6 is 24.0 Å². The van der Waals surface area contributed by atoms with Crippen molar-refractivity contribution in [1.29, 1.82) is 0 Å². The first kappa shape index (κ1) is 20.8. The molecule has 1 aliphatic heterocycles. The summed E-state index contributed by atoms with van der Waals surface area (Å²) < 4.78 is 10.7. The molecular weight excluding hydrogens is 421 g/mol. The summed E-state index contributed by atoms with van der Waals surface area (Å²) in [5.41, 5.74) is 7.12. The third-order valence-electron chi connectivity index (χ3n) is 3.98. The zero-order valence-corrected chi connectivity index (χ0v) is 16.7. The number of nitrogens with zero attached hydrogens (tertiary/aromatic N) is 2. The van der Waals surface area contributed by atoms with Gasteiger partial charge in [-0.3, -0.25) is 0 Å². The van der Waals surface area contributed by atoms with Gasteiger partial charge in [0.05, 0.1) is 20.3 Å². The predicted molar refractivity (Wildman–Crippen MR) is 106 cm³/mol. The summed E-state index contributed by atoms with van der Waals surface area (Å²) in [6, 6.07) is 5.66. The van der Waals surface area contributed by atoms with E-state index in [-0.39, 0.29) is 37.2 Å². The molecule has 0 aromatic heterocycles. The minimum Gasteiger partial charge on any atom is -0.493 e. The molecule has 1 atom stereocenters. The number of nitrogens with two attached hydrogens (primary N) is 1. The third-order valence-corrected chi connectivity index (χ3v) is 3.98. The summed E-state index contributed by atoms with van der Waals surface area (Å²) in [4.78, 5) is 6.66. The van der Waals surface area contributed by atoms with Crippen LogP contribution in [0.4, 0.5) is 0 Å². The number of aliphatic hydroxyl groups is 1. The number of piperidine rings is 1. The lowest BCUT2D eigenvalue weighted by molar-refractivity contribution is 0.196. The maximum absolute atomic E-state index is 8.83. The van der Waals surface area contributed by atoms with Crippen molar-refractivity contribution in [2.75, 3.05) is 33.4 Å². The van der Waals surface area contributed by atoms with Gasteiger partial charge in [-0.2, -0.15) is 0 Å². The van der Waals surface area contributed by atoms with E-state index in [1.807, 2.05) is 18.2 Å². The Labute approximate surface area is 161 Å². The predicted octanol–water partition coefficient (Wildman–Crippen LogP) is 2.23. The average molecular weight is 449 g/mol. The Kier molecular flexibility index (Phi) is 9.20. The van der Waals surface area contributed by atoms with Crippen LogP contribution < -0.4 is 15.2 Å². The van der Waals surface area contributed by atoms with Crippen molar-refractivity contribution in [2.45, 2.75) is 26.3 Å². The molecule has 0 radical (unpaired) electrons. The van der Waals surface area contributed by atoms with Gasteiger partial charge in [0, 0.05) is 13.1 Å². The summed E-state index contributed by atoms with van der Waals surface area (Å²) >= 11 is 0. The number of ether oxygens (including phenoxy) is 2. The number of rotatable bonds is 6. The van der Waals surface area contributed by atoms with Gasteiger partial charge in [0.15, 0.2) is 17.5 Å². The number of benzene rings is 1. The molecule has 1 fully saturated rings. The molecule has 0 bridgehead atoms. The second-order valence-electron chi connectivity index (χ2n) is 5.93. The van der Waals surface area contributed by atoms with Gasteiger partial charge in [0.1, 0.15) is 6.61 Å². The first-order valence-electron chi connectivity index (χ1n) is 8.09. The SMILES string of the molecule is COc1cc(CN=C(N)N2CCCC(C)C2)ccc1OCCO.I. The van der Waals surface area contributed by atoms with E-state index in [4.69, 9.17) is 20.3 Å². The number of hydrogen-bond acceptors (Lipinski definition) is 4. The molecule has 1 unspecified atom stereocenters. The molecule has 1 heterocycles. The van der Waals surface area contributed by atoms with E-state index in [2.05, 4.69) is 16.8 Å². The smallest absolute Gasteiger partial charge is 0.191 e. The van der Waals surface area contributed by atoms with Crippen LogP contribution in [0.5, 0.6) is 11.5 Å². The maximum atomic E-state index is 8.83. The molecule has 2 rings (SSSR count). The Hall–Kier alpha value is -1.22. The van der Waals surface area contributed by atoms with Crippen molar-refractivity contribution in [2.24, 2.45) is 16.6 Å². The summed E-state index contributed by atoms with van der Waals surface area (Å²) in [7, 11) is 1.59. The van der Waals surface area contributed by atoms with Crippen LogP contribution in [0.2, 0.25) is 0 Å². The highest BCUT2D eigenvalue weighted by atomic mass is 127. The van der Waals surface area contributed by atoms with Crippen LogP contribution in [0.1, 0.15) is 25.3 Å². The summed E-state index contributed by atoms with van der Waals surface area (Å²) in [6.45, 7) is 4.93. The number of guanidine groups is 1. The first-order chi connectivity index (χ1) is 11.1. The van der Waals surface area contributed by atoms with Crippen LogP contribution in [0.25, 0.3) is 0 Å². The number of hydrogen-bond donors (Lipinski definition) is 2. The van der Waals surface area contributed by atoms with Crippen LogP contribution in [0.15, 0.2) is 23.2 Å². The van der Waals surface area contributed by atoms with E-state index in [0.29, 0.717) is 29.9 Å². The van der Waals surface area contributed by atoms with Crippen LogP contribution in [0, 0.1) is 5.92 Å². The molecule has 1 aromatic carbocycles. The fourth-order valence-electron chi connectivity index (χ4n) is 2.75. The summed E-state index contributed by atoms with van der Waals surface area (Å²) in [5.74, 6) is 2.53. The molecule has 6 nitrogen and oxygen atoms in total. The second kappa shape index (κ2) is 10.6. The van der Waals surface area contributed by atoms with Gasteiger partial charge in [-0.05, 0) is 36.5 Å². The van der Waals surface area contributed by atoms with Gasteiger partial charge in [-0.1, -0.05) is 13.0 Å². The van der Waals surface area contributed by atoms with Crippen molar-refractivity contribution in [3.63, 3.8) is 0 Å². The Morgan fingerprint density at radius 1 is 1.42 bits per heavy atom. The second-order valence-corrected chi connectivity index (χ2v) is 5.93. The van der Waals surface area contributed by atoms with Gasteiger partial charge < -0.3 is 25.2 Å². The van der Waals surface area contributed by atoms with E-state index >= 15 is 0 Å². The van der Waals surface area contributed by atoms with Gasteiger partial charge >= 0.3 is 0 Å². The maximum Gasteiger partial charge on any atom is 0.191 e. The molecule has 136 valence electrons. The Morgan fingerprint density at radius 2 is 2.21 bits per heavy atom. The Morgan fingerprint density at radius 3 is 2.88 bits per heavy atom. The largest absolute Gasteiger partial charge is 0.493 e. The summed E-state index contributed by atoms with van der Waals surface area (Å²) in [5, 5.41) is 8.83. The number of methoxy groups -OCH3 is 1. The fraction of sp³-hybridized carbons (Fsp3) is 0.588. The average Bonchev–Trinajstić information content (AvgIpc) is 2.58. The number of aliphatic hydroxyl groups excluding tert-OH is 1. The van der Waals surface area contributed by atoms with E-state index in [9.17, 15) is 0 Å². The molecule has 24 heavy (non-hydrogen) atoms. The molecule has 1 aliphatic rings. The molecule has 0 amide bonds. The number of halogens is 1. The highest BCUT2D eigenvalue weighted by Crippen LogP contribution is 2.28. The molecule has 1 saturated heterocycles. The third kappa shape index (κ3) is 6.01. The van der Waals surface area contributed by atoms with Gasteiger partial charge in [0.2, 0.25) is 0 Å². The Bertz CT molecular complexity index is 540. The highest BCUT2D eigenvalue weighted by Gasteiger charge is 2.17. The molecule has 1 aromatic rings. The molecule has 0 aliphatic carbocycles. The van der Waals surface area contributed by atoms with Gasteiger partial charge in [-0.25, -0.2) is 4.99 Å². The molecule has 0 saturated carbocycles. The lowest BCUT2D eigenvalue weighted by Gasteiger charge is -2.31. The van der Waals surface area contributed by atoms with E-state index < -0.39 is 0 Å². The minimum absolute atomic E-state index is 0. The van der Waals surface area contributed by atoms with Crippen LogP contribution in [0.3, 0.4) is 0 Å². The number of aliphatic imine (C=N–C) groups is 1. The van der Waals surface area contributed by atoms with E-state index in [0.717, 1.165) is 18.7 Å². The monoisotopic (exact) mass is 449 g/mol. The first-order valence-corrected chi connectivity index (χ1v) is 8.09. The lowest BCUT2D eigenvalue weighted by atomic mass is 10.0. The van der Waals surface area contributed by atoms with Gasteiger partial charge in [0.25, 0.3) is 0 Å². The lowest BCUT2D eigenvalue weighted by Crippen LogP contribution is -2.43. The summed E-state index contributed by atoms with van der Waals surface area (Å²) in [6.07, 6.45) is 2.43. The van der Waals surface area contributed by atoms with Gasteiger partial charge in [-0.15, -0.1) is 24.0 Å². The van der Waals surface area contributed by atoms with Crippen molar-refractivity contribution in [3.8, 4) is 11.5 Å². The van der Waals surface area contributed by atoms with E-state index in [1.165, 1.54) is 12.8 Å². The minimum atomic E-state index is -0.0278. The van der Waals surface area contributed by atoms with Crippen LogP contribution in [-0.2, 0) is 6.54 Å². The Balaban J connectivity index is 0.00000288. The standard InChI is InChI=1S/C17H27N3O3.HI/c1-13-4-3-7-20(12-13)17(18)19-11-14-5-6-15(23-9-8-21)16(10-14)22-2;/h5-6,10,13,21H,3-4,7-9,11-12H2,1-2H3,(H2,18,19);1H. The zero-order valence-electron chi connectivity index (χ0n) is 14.4. The molecule has 7 heteroatoms. The number of likely N-dealkylation sites (tertiary alicyclic amines) is 1. The van der Waals surface area contributed by atoms with Crippen molar-refractivity contribution >= 4 is 29.9 Å². The topological polar surface area (TPSA) is 80.3 Å². The van der Waals surface area contributed by atoms with Crippen LogP contribution in [-0.4, -0.2) is 49.4 Å². The highest BCUT2D eigenvalue weighted by molar-refractivity contribution is 14.0. The quantitative estimate of drug-likeness (QED) is 0.396. The molecular formula is C17H28IN3O3. The fourth-order valence-corrected chi connectivity index (χ4v) is 2.75. The van der Waals surface area contributed by atoms with Crippen molar-refractivity contribution in [3.05, 3.63) is 23.8 Å². The normalized spacial score (nSPS) is 18.0.